The number of carbonyl (C=O) groups excluding carboxylic acids is 1. The van der Waals surface area contributed by atoms with Gasteiger partial charge in [-0.05, 0) is 43.9 Å². The van der Waals surface area contributed by atoms with Crippen LogP contribution in [0.5, 0.6) is 0 Å². The van der Waals surface area contributed by atoms with E-state index in [1.54, 1.807) is 0 Å². The first-order valence-electron chi connectivity index (χ1n) is 7.40. The molecule has 0 bridgehead atoms. The van der Waals surface area contributed by atoms with Gasteiger partial charge in [-0.15, -0.1) is 0 Å². The van der Waals surface area contributed by atoms with Crippen molar-refractivity contribution in [2.75, 3.05) is 13.7 Å². The van der Waals surface area contributed by atoms with E-state index >= 15 is 0 Å². The highest BCUT2D eigenvalue weighted by Gasteiger charge is 2.42. The van der Waals surface area contributed by atoms with E-state index in [0.29, 0.717) is 13.0 Å². The molecule has 3 nitrogen and oxygen atoms in total. The number of ether oxygens (including phenoxy) is 2. The molecule has 0 aliphatic carbocycles. The summed E-state index contributed by atoms with van der Waals surface area (Å²) in [7, 11) is 1.45. The van der Waals surface area contributed by atoms with E-state index in [0.717, 1.165) is 23.7 Å². The molecule has 0 amide bonds. The largest absolute Gasteiger partial charge is 0.469 e. The van der Waals surface area contributed by atoms with E-state index in [2.05, 4.69) is 41.9 Å². The summed E-state index contributed by atoms with van der Waals surface area (Å²) in [5.74, 6) is -0.146. The monoisotopic (exact) mass is 354 g/mol. The van der Waals surface area contributed by atoms with Gasteiger partial charge in [0.25, 0.3) is 0 Å². The third-order valence-electron chi connectivity index (χ3n) is 4.78. The van der Waals surface area contributed by atoms with E-state index in [1.807, 2.05) is 12.1 Å². The lowest BCUT2D eigenvalue weighted by molar-refractivity contribution is -0.158. The molecular formula is C17H23BrO3. The van der Waals surface area contributed by atoms with Gasteiger partial charge in [-0.2, -0.15) is 0 Å². The van der Waals surface area contributed by atoms with E-state index < -0.39 is 0 Å². The molecule has 2 unspecified atom stereocenters. The molecule has 0 radical (unpaired) electrons. The van der Waals surface area contributed by atoms with Crippen LogP contribution in [0.25, 0.3) is 0 Å². The van der Waals surface area contributed by atoms with Gasteiger partial charge >= 0.3 is 5.97 Å². The molecule has 116 valence electrons. The Labute approximate surface area is 135 Å². The Bertz CT molecular complexity index is 487. The number of hydrogen-bond acceptors (Lipinski definition) is 3. The van der Waals surface area contributed by atoms with Gasteiger partial charge in [-0.25, -0.2) is 0 Å². The molecule has 1 aromatic carbocycles. The zero-order valence-corrected chi connectivity index (χ0v) is 14.5. The molecule has 1 heterocycles. The maximum Gasteiger partial charge on any atom is 0.306 e. The Morgan fingerprint density at radius 2 is 2.00 bits per heavy atom. The Kier molecular flexibility index (Phi) is 5.10. The molecular weight excluding hydrogens is 332 g/mol. The smallest absolute Gasteiger partial charge is 0.306 e. The first-order valence-corrected chi connectivity index (χ1v) is 8.19. The van der Waals surface area contributed by atoms with Crippen molar-refractivity contribution in [3.05, 3.63) is 34.3 Å². The SMILES string of the molecule is CCC1(CC(=O)OC)CCC(C)(c2ccc(Br)cc2)OC1. The second-order valence-corrected chi connectivity index (χ2v) is 7.05. The topological polar surface area (TPSA) is 35.5 Å². The summed E-state index contributed by atoms with van der Waals surface area (Å²) < 4.78 is 12.1. The Hall–Kier alpha value is -0.870. The standard InChI is InChI=1S/C17H23BrO3/c1-4-17(11-15(19)20-3)10-9-16(2,21-12-17)13-5-7-14(18)8-6-13/h5-8H,4,9-12H2,1-3H3. The van der Waals surface area contributed by atoms with Crippen LogP contribution in [-0.2, 0) is 19.9 Å². The van der Waals surface area contributed by atoms with Gasteiger partial charge in [0.15, 0.2) is 0 Å². The average Bonchev–Trinajstić information content (AvgIpc) is 2.50. The van der Waals surface area contributed by atoms with Crippen molar-refractivity contribution in [2.45, 2.75) is 45.1 Å². The van der Waals surface area contributed by atoms with Crippen LogP contribution in [0.1, 0.15) is 45.1 Å². The van der Waals surface area contributed by atoms with Crippen molar-refractivity contribution < 1.29 is 14.3 Å². The number of halogens is 1. The molecule has 0 spiro atoms. The van der Waals surface area contributed by atoms with Crippen molar-refractivity contribution in [1.29, 1.82) is 0 Å². The molecule has 0 N–H and O–H groups in total. The number of methoxy groups -OCH3 is 1. The molecule has 0 saturated carbocycles. The van der Waals surface area contributed by atoms with E-state index in [9.17, 15) is 4.79 Å². The summed E-state index contributed by atoms with van der Waals surface area (Å²) in [5.41, 5.74) is 0.839. The summed E-state index contributed by atoms with van der Waals surface area (Å²) in [4.78, 5) is 11.6. The third kappa shape index (κ3) is 3.67. The van der Waals surface area contributed by atoms with Gasteiger partial charge in [0, 0.05) is 9.89 Å². The summed E-state index contributed by atoms with van der Waals surface area (Å²) in [6.45, 7) is 4.85. The fourth-order valence-electron chi connectivity index (χ4n) is 2.91. The van der Waals surface area contributed by atoms with Crippen molar-refractivity contribution in [1.82, 2.24) is 0 Å². The van der Waals surface area contributed by atoms with Gasteiger partial charge in [0.2, 0.25) is 0 Å². The van der Waals surface area contributed by atoms with Crippen molar-refractivity contribution in [3.63, 3.8) is 0 Å². The van der Waals surface area contributed by atoms with Crippen LogP contribution in [0.15, 0.2) is 28.7 Å². The van der Waals surface area contributed by atoms with Gasteiger partial charge in [0.1, 0.15) is 0 Å². The fourth-order valence-corrected chi connectivity index (χ4v) is 3.18. The van der Waals surface area contributed by atoms with Crippen LogP contribution in [0.4, 0.5) is 0 Å². The fraction of sp³-hybridized carbons (Fsp3) is 0.588. The summed E-state index contributed by atoms with van der Waals surface area (Å²) >= 11 is 3.46. The molecule has 1 aromatic rings. The molecule has 4 heteroatoms. The van der Waals surface area contributed by atoms with E-state index in [4.69, 9.17) is 9.47 Å². The third-order valence-corrected chi connectivity index (χ3v) is 5.31. The first-order chi connectivity index (χ1) is 9.93. The molecule has 2 atom stereocenters. The van der Waals surface area contributed by atoms with Gasteiger partial charge in [-0.3, -0.25) is 4.79 Å². The second kappa shape index (κ2) is 6.49. The van der Waals surface area contributed by atoms with Crippen LogP contribution in [0.2, 0.25) is 0 Å². The molecule has 1 aliphatic heterocycles. The molecule has 1 fully saturated rings. The van der Waals surface area contributed by atoms with Crippen LogP contribution < -0.4 is 0 Å². The Balaban J connectivity index is 2.10. The van der Waals surface area contributed by atoms with Crippen LogP contribution in [-0.4, -0.2) is 19.7 Å². The molecule has 0 aromatic heterocycles. The van der Waals surface area contributed by atoms with E-state index in [-0.39, 0.29) is 17.0 Å². The lowest BCUT2D eigenvalue weighted by Crippen LogP contribution is -2.42. The van der Waals surface area contributed by atoms with Crippen LogP contribution in [0, 0.1) is 5.41 Å². The van der Waals surface area contributed by atoms with Crippen LogP contribution in [0.3, 0.4) is 0 Å². The van der Waals surface area contributed by atoms with Crippen LogP contribution >= 0.6 is 15.9 Å². The average molecular weight is 355 g/mol. The normalized spacial score (nSPS) is 29.1. The highest BCUT2D eigenvalue weighted by atomic mass is 79.9. The Morgan fingerprint density at radius 1 is 1.33 bits per heavy atom. The van der Waals surface area contributed by atoms with E-state index in [1.165, 1.54) is 12.7 Å². The zero-order chi connectivity index (χ0) is 15.5. The number of rotatable bonds is 4. The number of hydrogen-bond donors (Lipinski definition) is 0. The molecule has 21 heavy (non-hydrogen) atoms. The minimum atomic E-state index is -0.268. The molecule has 2 rings (SSSR count). The minimum absolute atomic E-state index is 0.0814. The van der Waals surface area contributed by atoms with Gasteiger partial charge in [-0.1, -0.05) is 35.0 Å². The maximum atomic E-state index is 11.6. The first kappa shape index (κ1) is 16.5. The number of benzene rings is 1. The summed E-state index contributed by atoms with van der Waals surface area (Å²) in [6, 6.07) is 8.28. The molecule has 1 saturated heterocycles. The highest BCUT2D eigenvalue weighted by molar-refractivity contribution is 9.10. The predicted molar refractivity (Wildman–Crippen MR) is 86.0 cm³/mol. The van der Waals surface area contributed by atoms with Crippen molar-refractivity contribution in [3.8, 4) is 0 Å². The van der Waals surface area contributed by atoms with Crippen molar-refractivity contribution >= 4 is 21.9 Å². The minimum Gasteiger partial charge on any atom is -0.469 e. The quantitative estimate of drug-likeness (QED) is 0.750. The lowest BCUT2D eigenvalue weighted by Gasteiger charge is -2.44. The Morgan fingerprint density at radius 3 is 2.48 bits per heavy atom. The van der Waals surface area contributed by atoms with Crippen molar-refractivity contribution in [2.24, 2.45) is 5.41 Å². The van der Waals surface area contributed by atoms with Gasteiger partial charge < -0.3 is 9.47 Å². The highest BCUT2D eigenvalue weighted by Crippen LogP contribution is 2.45. The lowest BCUT2D eigenvalue weighted by atomic mass is 9.72. The predicted octanol–water partition coefficient (Wildman–Crippen LogP) is 4.43. The summed E-state index contributed by atoms with van der Waals surface area (Å²) in [5, 5.41) is 0. The maximum absolute atomic E-state index is 11.6. The number of carbonyl (C=O) groups is 1. The molecule has 1 aliphatic rings. The number of esters is 1. The second-order valence-electron chi connectivity index (χ2n) is 6.13. The zero-order valence-electron chi connectivity index (χ0n) is 12.9. The summed E-state index contributed by atoms with van der Waals surface area (Å²) in [6.07, 6.45) is 3.26. The van der Waals surface area contributed by atoms with Gasteiger partial charge in [0.05, 0.1) is 25.7 Å².